The van der Waals surface area contributed by atoms with Gasteiger partial charge in [0.2, 0.25) is 0 Å². The number of nitrogens with two attached hydrogens (primary N) is 1. The number of hydrogen-bond donors (Lipinski definition) is 2. The summed E-state index contributed by atoms with van der Waals surface area (Å²) in [6.45, 7) is 6.33. The molecule has 0 atom stereocenters. The number of aryl methyl sites for hydroxylation is 1. The van der Waals surface area contributed by atoms with Gasteiger partial charge in [0, 0.05) is 12.1 Å². The van der Waals surface area contributed by atoms with Crippen LogP contribution >= 0.6 is 0 Å². The molecule has 0 saturated heterocycles. The normalized spacial score (nSPS) is 12.1. The van der Waals surface area contributed by atoms with Crippen LogP contribution in [-0.2, 0) is 6.54 Å². The van der Waals surface area contributed by atoms with Gasteiger partial charge in [-0.3, -0.25) is 0 Å². The summed E-state index contributed by atoms with van der Waals surface area (Å²) in [6, 6.07) is 5.92. The minimum atomic E-state index is 0.158. The first-order chi connectivity index (χ1) is 9.08. The van der Waals surface area contributed by atoms with Gasteiger partial charge in [-0.05, 0) is 44.1 Å². The van der Waals surface area contributed by atoms with E-state index in [-0.39, 0.29) is 5.84 Å². The van der Waals surface area contributed by atoms with Crippen molar-refractivity contribution in [3.63, 3.8) is 0 Å². The van der Waals surface area contributed by atoms with E-state index in [2.05, 4.69) is 37.0 Å². The number of oxime groups is 1. The number of hydrogen-bond acceptors (Lipinski definition) is 3. The van der Waals surface area contributed by atoms with E-state index in [0.29, 0.717) is 0 Å². The average molecular weight is 263 g/mol. The topological polar surface area (TPSA) is 61.8 Å². The van der Waals surface area contributed by atoms with Crippen molar-refractivity contribution >= 4 is 5.84 Å². The molecule has 1 aromatic carbocycles. The third-order valence-corrected chi connectivity index (χ3v) is 3.33. The summed E-state index contributed by atoms with van der Waals surface area (Å²) in [5.74, 6) is 0.158. The van der Waals surface area contributed by atoms with Gasteiger partial charge in [-0.2, -0.15) is 0 Å². The summed E-state index contributed by atoms with van der Waals surface area (Å²) >= 11 is 0. The quantitative estimate of drug-likeness (QED) is 0.261. The highest BCUT2D eigenvalue weighted by molar-refractivity contribution is 5.97. The molecule has 19 heavy (non-hydrogen) atoms. The van der Waals surface area contributed by atoms with E-state index in [1.165, 1.54) is 30.4 Å². The Morgan fingerprint density at radius 2 is 2.11 bits per heavy atom. The lowest BCUT2D eigenvalue weighted by Crippen LogP contribution is -2.20. The number of unbranched alkanes of at least 4 members (excludes halogenated alkanes) is 2. The molecule has 0 heterocycles. The van der Waals surface area contributed by atoms with Gasteiger partial charge in [-0.25, -0.2) is 0 Å². The van der Waals surface area contributed by atoms with Gasteiger partial charge < -0.3 is 15.8 Å². The predicted octanol–water partition coefficient (Wildman–Crippen LogP) is 2.71. The monoisotopic (exact) mass is 263 g/mol. The van der Waals surface area contributed by atoms with Crippen molar-refractivity contribution in [2.24, 2.45) is 10.9 Å². The highest BCUT2D eigenvalue weighted by Crippen LogP contribution is 2.13. The van der Waals surface area contributed by atoms with Crippen LogP contribution in [0.1, 0.15) is 42.9 Å². The first-order valence-electron chi connectivity index (χ1n) is 6.84. The number of benzene rings is 1. The van der Waals surface area contributed by atoms with Crippen LogP contribution in [0.5, 0.6) is 0 Å². The molecule has 0 bridgehead atoms. The number of amidine groups is 1. The summed E-state index contributed by atoms with van der Waals surface area (Å²) in [7, 11) is 2.15. The molecule has 0 saturated carbocycles. The summed E-state index contributed by atoms with van der Waals surface area (Å²) in [5, 5.41) is 11.7. The third-order valence-electron chi connectivity index (χ3n) is 3.33. The van der Waals surface area contributed by atoms with Crippen LogP contribution in [0.25, 0.3) is 0 Å². The van der Waals surface area contributed by atoms with E-state index in [0.717, 1.165) is 18.7 Å². The van der Waals surface area contributed by atoms with Gasteiger partial charge in [0.25, 0.3) is 0 Å². The maximum absolute atomic E-state index is 8.67. The number of rotatable bonds is 7. The Balaban J connectivity index is 2.64. The minimum Gasteiger partial charge on any atom is -0.409 e. The van der Waals surface area contributed by atoms with Crippen LogP contribution in [0.3, 0.4) is 0 Å². The van der Waals surface area contributed by atoms with E-state index in [1.807, 2.05) is 12.1 Å². The van der Waals surface area contributed by atoms with Crippen LogP contribution in [0.15, 0.2) is 23.4 Å². The molecule has 0 amide bonds. The van der Waals surface area contributed by atoms with E-state index in [9.17, 15) is 0 Å². The van der Waals surface area contributed by atoms with Gasteiger partial charge in [0.05, 0.1) is 0 Å². The molecule has 4 heteroatoms. The molecule has 3 N–H and O–H groups in total. The van der Waals surface area contributed by atoms with Crippen LogP contribution in [0.4, 0.5) is 0 Å². The van der Waals surface area contributed by atoms with Crippen molar-refractivity contribution in [1.82, 2.24) is 4.90 Å². The maximum Gasteiger partial charge on any atom is 0.170 e. The Bertz CT molecular complexity index is 429. The zero-order valence-electron chi connectivity index (χ0n) is 12.2. The molecule has 4 nitrogen and oxygen atoms in total. The fourth-order valence-corrected chi connectivity index (χ4v) is 2.09. The SMILES string of the molecule is CCCCCN(C)Cc1ccc(/C(N)=N/O)cc1C. The summed E-state index contributed by atoms with van der Waals surface area (Å²) < 4.78 is 0. The molecule has 1 aromatic rings. The Labute approximate surface area is 115 Å². The van der Waals surface area contributed by atoms with Crippen LogP contribution in [0.2, 0.25) is 0 Å². The van der Waals surface area contributed by atoms with Crippen molar-refractivity contribution in [2.45, 2.75) is 39.7 Å². The molecule has 0 aliphatic carbocycles. The lowest BCUT2D eigenvalue weighted by molar-refractivity contribution is 0.317. The average Bonchev–Trinajstić information content (AvgIpc) is 2.40. The van der Waals surface area contributed by atoms with Gasteiger partial charge in [-0.1, -0.05) is 37.1 Å². The van der Waals surface area contributed by atoms with Gasteiger partial charge in [0.1, 0.15) is 0 Å². The number of nitrogens with zero attached hydrogens (tertiary/aromatic N) is 2. The fraction of sp³-hybridized carbons (Fsp3) is 0.533. The van der Waals surface area contributed by atoms with E-state index in [4.69, 9.17) is 10.9 Å². The molecular weight excluding hydrogens is 238 g/mol. The molecule has 0 radical (unpaired) electrons. The largest absolute Gasteiger partial charge is 0.409 e. The highest BCUT2D eigenvalue weighted by Gasteiger charge is 2.06. The lowest BCUT2D eigenvalue weighted by atomic mass is 10.0. The summed E-state index contributed by atoms with van der Waals surface area (Å²) in [4.78, 5) is 2.33. The smallest absolute Gasteiger partial charge is 0.170 e. The van der Waals surface area contributed by atoms with Crippen molar-refractivity contribution in [2.75, 3.05) is 13.6 Å². The zero-order valence-corrected chi connectivity index (χ0v) is 12.2. The third kappa shape index (κ3) is 4.91. The second-order valence-corrected chi connectivity index (χ2v) is 5.07. The van der Waals surface area contributed by atoms with Crippen molar-refractivity contribution in [3.05, 3.63) is 34.9 Å². The lowest BCUT2D eigenvalue weighted by Gasteiger charge is -2.18. The molecule has 0 aliphatic heterocycles. The highest BCUT2D eigenvalue weighted by atomic mass is 16.4. The maximum atomic E-state index is 8.67. The van der Waals surface area contributed by atoms with Crippen LogP contribution < -0.4 is 5.73 Å². The fourth-order valence-electron chi connectivity index (χ4n) is 2.09. The molecule has 0 unspecified atom stereocenters. The second kappa shape index (κ2) is 7.79. The molecular formula is C15H25N3O. The summed E-state index contributed by atoms with van der Waals surface area (Å²) in [6.07, 6.45) is 3.78. The molecule has 106 valence electrons. The Kier molecular flexibility index (Phi) is 6.36. The van der Waals surface area contributed by atoms with Crippen LogP contribution in [-0.4, -0.2) is 29.5 Å². The standard InChI is InChI=1S/C15H25N3O/c1-4-5-6-9-18(3)11-14-8-7-13(10-12(14)2)15(16)17-19/h7-8,10,19H,4-6,9,11H2,1-3H3,(H2,16,17). The van der Waals surface area contributed by atoms with Gasteiger partial charge in [0.15, 0.2) is 5.84 Å². The van der Waals surface area contributed by atoms with E-state index >= 15 is 0 Å². The molecule has 0 spiro atoms. The van der Waals surface area contributed by atoms with E-state index < -0.39 is 0 Å². The first-order valence-corrected chi connectivity index (χ1v) is 6.84. The summed E-state index contributed by atoms with van der Waals surface area (Å²) in [5.41, 5.74) is 8.80. The van der Waals surface area contributed by atoms with Gasteiger partial charge >= 0.3 is 0 Å². The minimum absolute atomic E-state index is 0.158. The molecule has 0 aliphatic rings. The first kappa shape index (κ1) is 15.5. The molecule has 0 aromatic heterocycles. The zero-order chi connectivity index (χ0) is 14.3. The van der Waals surface area contributed by atoms with Crippen molar-refractivity contribution in [3.8, 4) is 0 Å². The second-order valence-electron chi connectivity index (χ2n) is 5.07. The molecule has 1 rings (SSSR count). The van der Waals surface area contributed by atoms with Crippen molar-refractivity contribution in [1.29, 1.82) is 0 Å². The Morgan fingerprint density at radius 3 is 2.68 bits per heavy atom. The Hall–Kier alpha value is -1.55. The van der Waals surface area contributed by atoms with Crippen molar-refractivity contribution < 1.29 is 5.21 Å². The van der Waals surface area contributed by atoms with Gasteiger partial charge in [-0.15, -0.1) is 0 Å². The molecule has 0 fully saturated rings. The Morgan fingerprint density at radius 1 is 1.37 bits per heavy atom. The predicted molar refractivity (Wildman–Crippen MR) is 79.5 cm³/mol. The van der Waals surface area contributed by atoms with Crippen LogP contribution in [0, 0.1) is 6.92 Å². The van der Waals surface area contributed by atoms with E-state index in [1.54, 1.807) is 0 Å².